The van der Waals surface area contributed by atoms with Gasteiger partial charge < -0.3 is 14.8 Å². The van der Waals surface area contributed by atoms with Gasteiger partial charge in [-0.05, 0) is 37.3 Å². The molecule has 1 aromatic rings. The Hall–Kier alpha value is -1.29. The average molecular weight is 281 g/mol. The molecule has 0 radical (unpaired) electrons. The largest absolute Gasteiger partial charge is 0.463 e. The zero-order chi connectivity index (χ0) is 15.6. The third-order valence-corrected chi connectivity index (χ3v) is 3.87. The normalized spacial score (nSPS) is 16.6. The Morgan fingerprint density at radius 3 is 2.40 bits per heavy atom. The summed E-state index contributed by atoms with van der Waals surface area (Å²) in [5.41, 5.74) is -1.09. The number of nitrogens with one attached hydrogen (secondary N) is 1. The molecule has 1 rings (SSSR count). The van der Waals surface area contributed by atoms with E-state index in [0.717, 1.165) is 5.76 Å². The van der Waals surface area contributed by atoms with E-state index in [0.29, 0.717) is 12.2 Å². The lowest BCUT2D eigenvalue weighted by molar-refractivity contribution is -0.124. The van der Waals surface area contributed by atoms with Crippen molar-refractivity contribution in [2.24, 2.45) is 11.3 Å². The zero-order valence-corrected chi connectivity index (χ0v) is 13.4. The third kappa shape index (κ3) is 4.67. The second-order valence-corrected chi connectivity index (χ2v) is 6.93. The Morgan fingerprint density at radius 2 is 1.95 bits per heavy atom. The number of aryl methyl sites for hydroxylation is 1. The molecule has 0 saturated heterocycles. The van der Waals surface area contributed by atoms with Crippen LogP contribution in [-0.2, 0) is 10.4 Å². The second kappa shape index (κ2) is 6.00. The predicted molar refractivity (Wildman–Crippen MR) is 79.3 cm³/mol. The van der Waals surface area contributed by atoms with Gasteiger partial charge in [-0.15, -0.1) is 0 Å². The summed E-state index contributed by atoms with van der Waals surface area (Å²) in [5, 5.41) is 13.1. The van der Waals surface area contributed by atoms with Crippen LogP contribution in [0.3, 0.4) is 0 Å². The van der Waals surface area contributed by atoms with Crippen molar-refractivity contribution in [1.29, 1.82) is 0 Å². The highest BCUT2D eigenvalue weighted by atomic mass is 16.4. The lowest BCUT2D eigenvalue weighted by Crippen LogP contribution is -2.39. The van der Waals surface area contributed by atoms with Gasteiger partial charge in [0.2, 0.25) is 5.91 Å². The highest BCUT2D eigenvalue weighted by Gasteiger charge is 2.28. The van der Waals surface area contributed by atoms with Crippen LogP contribution in [0.5, 0.6) is 0 Å². The van der Waals surface area contributed by atoms with Gasteiger partial charge in [-0.3, -0.25) is 4.79 Å². The van der Waals surface area contributed by atoms with Crippen LogP contribution in [0.2, 0.25) is 0 Å². The van der Waals surface area contributed by atoms with E-state index >= 15 is 0 Å². The summed E-state index contributed by atoms with van der Waals surface area (Å²) in [6, 6.07) is 3.53. The van der Waals surface area contributed by atoms with Crippen molar-refractivity contribution in [2.75, 3.05) is 6.54 Å². The van der Waals surface area contributed by atoms with Crippen LogP contribution >= 0.6 is 0 Å². The summed E-state index contributed by atoms with van der Waals surface area (Å²) in [4.78, 5) is 11.9. The maximum Gasteiger partial charge on any atom is 0.220 e. The van der Waals surface area contributed by atoms with Crippen LogP contribution in [0.15, 0.2) is 16.5 Å². The second-order valence-electron chi connectivity index (χ2n) is 6.93. The molecular formula is C16H27NO3. The van der Waals surface area contributed by atoms with Crippen molar-refractivity contribution in [3.05, 3.63) is 23.7 Å². The molecule has 1 heterocycles. The van der Waals surface area contributed by atoms with Crippen molar-refractivity contribution in [2.45, 2.75) is 53.6 Å². The van der Waals surface area contributed by atoms with Crippen molar-refractivity contribution in [3.63, 3.8) is 0 Å². The van der Waals surface area contributed by atoms with E-state index in [2.05, 4.69) is 33.0 Å². The molecule has 0 bridgehead atoms. The first-order valence-corrected chi connectivity index (χ1v) is 7.08. The third-order valence-electron chi connectivity index (χ3n) is 3.87. The van der Waals surface area contributed by atoms with Gasteiger partial charge in [-0.25, -0.2) is 0 Å². The first kappa shape index (κ1) is 16.8. The molecule has 114 valence electrons. The number of hydrogen-bond donors (Lipinski definition) is 2. The van der Waals surface area contributed by atoms with Crippen molar-refractivity contribution in [3.8, 4) is 0 Å². The van der Waals surface area contributed by atoms with Crippen LogP contribution in [-0.4, -0.2) is 17.6 Å². The van der Waals surface area contributed by atoms with Gasteiger partial charge in [0.15, 0.2) is 0 Å². The molecule has 2 N–H and O–H groups in total. The van der Waals surface area contributed by atoms with Gasteiger partial charge in [-0.1, -0.05) is 27.7 Å². The smallest absolute Gasteiger partial charge is 0.220 e. The molecule has 4 heteroatoms. The number of aliphatic hydroxyl groups is 1. The fourth-order valence-electron chi connectivity index (χ4n) is 1.74. The molecule has 0 aromatic carbocycles. The number of rotatable bonds is 5. The van der Waals surface area contributed by atoms with E-state index in [1.165, 1.54) is 0 Å². The Bertz CT molecular complexity index is 455. The maximum absolute atomic E-state index is 11.9. The molecule has 0 fully saturated rings. The van der Waals surface area contributed by atoms with E-state index < -0.39 is 5.60 Å². The van der Waals surface area contributed by atoms with Gasteiger partial charge in [-0.2, -0.15) is 0 Å². The molecule has 0 saturated carbocycles. The summed E-state index contributed by atoms with van der Waals surface area (Å²) in [6.45, 7) is 12.0. The number of carbonyl (C=O) groups excluding carboxylic acids is 1. The SMILES string of the molecule is Cc1ccc(C(C)(O)CNC(=O)CC(C)C(C)(C)C)o1. The first-order valence-electron chi connectivity index (χ1n) is 7.08. The Kier molecular flexibility index (Phi) is 5.03. The van der Waals surface area contributed by atoms with Crippen molar-refractivity contribution >= 4 is 5.91 Å². The fraction of sp³-hybridized carbons (Fsp3) is 0.688. The highest BCUT2D eigenvalue weighted by molar-refractivity contribution is 5.76. The molecule has 4 nitrogen and oxygen atoms in total. The van der Waals surface area contributed by atoms with Crippen LogP contribution in [0.25, 0.3) is 0 Å². The van der Waals surface area contributed by atoms with Gasteiger partial charge in [0.05, 0.1) is 6.54 Å². The minimum atomic E-state index is -1.19. The van der Waals surface area contributed by atoms with Gasteiger partial charge in [0.25, 0.3) is 0 Å². The minimum absolute atomic E-state index is 0.0454. The van der Waals surface area contributed by atoms with E-state index in [4.69, 9.17) is 4.42 Å². The van der Waals surface area contributed by atoms with Crippen molar-refractivity contribution in [1.82, 2.24) is 5.32 Å². The molecule has 0 aliphatic rings. The molecule has 0 aliphatic heterocycles. The first-order chi connectivity index (χ1) is 9.02. The van der Waals surface area contributed by atoms with Crippen LogP contribution in [0, 0.1) is 18.3 Å². The minimum Gasteiger partial charge on any atom is -0.463 e. The maximum atomic E-state index is 11.9. The fourth-order valence-corrected chi connectivity index (χ4v) is 1.74. The Labute approximate surface area is 121 Å². The van der Waals surface area contributed by atoms with Gasteiger partial charge in [0.1, 0.15) is 17.1 Å². The summed E-state index contributed by atoms with van der Waals surface area (Å²) in [6.07, 6.45) is 0.455. The van der Waals surface area contributed by atoms with Gasteiger partial charge in [0, 0.05) is 6.42 Å². The van der Waals surface area contributed by atoms with Gasteiger partial charge >= 0.3 is 0 Å². The molecule has 20 heavy (non-hydrogen) atoms. The molecule has 1 amide bonds. The summed E-state index contributed by atoms with van der Waals surface area (Å²) in [7, 11) is 0. The monoisotopic (exact) mass is 281 g/mol. The number of furan rings is 1. The number of carbonyl (C=O) groups is 1. The molecule has 1 aromatic heterocycles. The standard InChI is InChI=1S/C16H27NO3/c1-11(15(3,4)5)9-14(18)17-10-16(6,19)13-8-7-12(2)20-13/h7-8,11,19H,9-10H2,1-6H3,(H,17,18). The molecular weight excluding hydrogens is 254 g/mol. The zero-order valence-electron chi connectivity index (χ0n) is 13.4. The summed E-state index contributed by atoms with van der Waals surface area (Å²) in [5.74, 6) is 1.45. The van der Waals surface area contributed by atoms with E-state index in [1.807, 2.05) is 6.92 Å². The Balaban J connectivity index is 2.52. The lowest BCUT2D eigenvalue weighted by atomic mass is 9.80. The van der Waals surface area contributed by atoms with E-state index in [1.54, 1.807) is 19.1 Å². The van der Waals surface area contributed by atoms with Crippen LogP contribution < -0.4 is 5.32 Å². The Morgan fingerprint density at radius 1 is 1.35 bits per heavy atom. The molecule has 0 aliphatic carbocycles. The summed E-state index contributed by atoms with van der Waals surface area (Å²) < 4.78 is 5.41. The number of hydrogen-bond acceptors (Lipinski definition) is 3. The molecule has 2 atom stereocenters. The summed E-state index contributed by atoms with van der Waals surface area (Å²) >= 11 is 0. The van der Waals surface area contributed by atoms with Crippen LogP contribution in [0.1, 0.15) is 52.6 Å². The molecule has 2 unspecified atom stereocenters. The van der Waals surface area contributed by atoms with E-state index in [-0.39, 0.29) is 23.8 Å². The lowest BCUT2D eigenvalue weighted by Gasteiger charge is -2.27. The quantitative estimate of drug-likeness (QED) is 0.872. The van der Waals surface area contributed by atoms with Crippen molar-refractivity contribution < 1.29 is 14.3 Å². The van der Waals surface area contributed by atoms with Crippen LogP contribution in [0.4, 0.5) is 0 Å². The highest BCUT2D eigenvalue weighted by Crippen LogP contribution is 2.28. The van der Waals surface area contributed by atoms with E-state index in [9.17, 15) is 9.90 Å². The number of amides is 1. The predicted octanol–water partition coefficient (Wildman–Crippen LogP) is 2.98. The average Bonchev–Trinajstić information content (AvgIpc) is 2.73. The topological polar surface area (TPSA) is 62.5 Å². The molecule has 0 spiro atoms.